The highest BCUT2D eigenvalue weighted by atomic mass is 19.1. The maximum Gasteiger partial charge on any atom is 0.227 e. The Morgan fingerprint density at radius 1 is 1.02 bits per heavy atom. The molecule has 1 aromatic carbocycles. The van der Waals surface area contributed by atoms with Gasteiger partial charge in [0.15, 0.2) is 6.29 Å². The molecule has 5 saturated carbocycles. The van der Waals surface area contributed by atoms with Crippen molar-refractivity contribution >= 4 is 5.91 Å². The summed E-state index contributed by atoms with van der Waals surface area (Å²) in [5, 5.41) is 21.4. The predicted octanol–water partition coefficient (Wildman–Crippen LogP) is 6.28. The summed E-state index contributed by atoms with van der Waals surface area (Å²) >= 11 is 0. The number of morpholine rings is 1. The van der Waals surface area contributed by atoms with E-state index in [0.29, 0.717) is 53.7 Å². The van der Waals surface area contributed by atoms with Gasteiger partial charge in [0.1, 0.15) is 11.9 Å². The number of aliphatic hydroxyl groups is 2. The number of hydrogen-bond acceptors (Lipinski definition) is 6. The lowest BCUT2D eigenvalue weighted by atomic mass is 9.46. The Labute approximate surface area is 286 Å². The molecule has 0 radical (unpaired) electrons. The number of fused-ring (bicyclic) bond motifs is 4. The lowest BCUT2D eigenvalue weighted by molar-refractivity contribution is -0.244. The van der Waals surface area contributed by atoms with Gasteiger partial charge in [-0.05, 0) is 141 Å². The summed E-state index contributed by atoms with van der Waals surface area (Å²) in [5.41, 5.74) is 0.821. The number of amides is 1. The zero-order valence-electron chi connectivity index (χ0n) is 29.8. The summed E-state index contributed by atoms with van der Waals surface area (Å²) in [6.07, 6.45) is 10.8. The molecule has 7 aliphatic rings. The van der Waals surface area contributed by atoms with Crippen LogP contribution in [-0.4, -0.2) is 77.0 Å². The minimum atomic E-state index is -1.16. The van der Waals surface area contributed by atoms with Crippen LogP contribution in [0.2, 0.25) is 0 Å². The molecule has 8 unspecified atom stereocenters. The average Bonchev–Trinajstić information content (AvgIpc) is 3.62. The van der Waals surface area contributed by atoms with Gasteiger partial charge in [-0.15, -0.1) is 0 Å². The smallest absolute Gasteiger partial charge is 0.227 e. The van der Waals surface area contributed by atoms with Crippen molar-refractivity contribution in [3.05, 3.63) is 35.6 Å². The Balaban J connectivity index is 0.929. The van der Waals surface area contributed by atoms with Crippen LogP contribution < -0.4 is 0 Å². The monoisotopic (exact) mass is 667 g/mol. The fourth-order valence-corrected chi connectivity index (χ4v) is 13.2. The lowest BCUT2D eigenvalue weighted by Crippen LogP contribution is -2.56. The molecular weight excluding hydrogens is 609 g/mol. The van der Waals surface area contributed by atoms with Crippen LogP contribution in [0.25, 0.3) is 0 Å². The molecule has 266 valence electrons. The van der Waals surface area contributed by atoms with Crippen molar-refractivity contribution in [2.24, 2.45) is 45.3 Å². The van der Waals surface area contributed by atoms with E-state index in [9.17, 15) is 19.4 Å². The third-order valence-electron chi connectivity index (χ3n) is 15.6. The van der Waals surface area contributed by atoms with E-state index < -0.39 is 18.0 Å². The van der Waals surface area contributed by atoms with Crippen LogP contribution in [0.15, 0.2) is 24.3 Å². The second-order valence-corrected chi connectivity index (χ2v) is 18.5. The van der Waals surface area contributed by atoms with E-state index >= 15 is 0 Å². The van der Waals surface area contributed by atoms with Crippen LogP contribution in [0.1, 0.15) is 104 Å². The van der Waals surface area contributed by atoms with Gasteiger partial charge in [0, 0.05) is 6.54 Å². The Bertz CT molecular complexity index is 1390. The summed E-state index contributed by atoms with van der Waals surface area (Å²) in [4.78, 5) is 15.0. The molecule has 12 atom stereocenters. The van der Waals surface area contributed by atoms with E-state index in [1.165, 1.54) is 50.7 Å². The molecule has 0 bridgehead atoms. The van der Waals surface area contributed by atoms with Crippen LogP contribution in [0.3, 0.4) is 0 Å². The highest BCUT2D eigenvalue weighted by molar-refractivity contribution is 5.78. The third kappa shape index (κ3) is 5.08. The van der Waals surface area contributed by atoms with E-state index in [-0.39, 0.29) is 41.9 Å². The Morgan fingerprint density at radius 2 is 1.77 bits per heavy atom. The average molecular weight is 668 g/mol. The molecule has 0 aromatic heterocycles. The molecule has 2 saturated heterocycles. The summed E-state index contributed by atoms with van der Waals surface area (Å²) in [7, 11) is 0. The first-order valence-electron chi connectivity index (χ1n) is 19.0. The fraction of sp³-hybridized carbons (Fsp3) is 0.825. The molecule has 1 aromatic rings. The van der Waals surface area contributed by atoms with Crippen LogP contribution in [0.5, 0.6) is 0 Å². The van der Waals surface area contributed by atoms with Crippen molar-refractivity contribution in [3.63, 3.8) is 0 Å². The second-order valence-electron chi connectivity index (χ2n) is 18.5. The standard InChI is InChI=1S/C40H58FNO6/c1-36(2)31-13-11-26-28-21-30-27(10-12-29(47-30)35(44)37(3,4)45)38(28,5)16-17-39(26)23-40(31,39)15-14-32(36)48-34-22-42(18-19-46-34)33(43)20-24-6-8-25(41)9-7-24/h6-9,26-32,34-35,44-45H,10-23H2,1-5H3/t26?,27?,28?,29?,30?,31?,32-,34?,35-,38+,39-,40?/m0/s1. The number of nitrogens with zero attached hydrogens (tertiary/aromatic N) is 1. The second kappa shape index (κ2) is 11.5. The molecule has 1 amide bonds. The number of carbonyl (C=O) groups excluding carboxylic acids is 1. The van der Waals surface area contributed by atoms with E-state index in [0.717, 1.165) is 37.2 Å². The van der Waals surface area contributed by atoms with Gasteiger partial charge in [-0.25, -0.2) is 4.39 Å². The summed E-state index contributed by atoms with van der Waals surface area (Å²) in [6, 6.07) is 6.18. The number of ether oxygens (including phenoxy) is 3. The largest absolute Gasteiger partial charge is 0.388 e. The molecule has 7 nitrogen and oxygen atoms in total. The van der Waals surface area contributed by atoms with Crippen molar-refractivity contribution in [2.45, 2.75) is 142 Å². The number of benzene rings is 1. The first-order chi connectivity index (χ1) is 22.7. The van der Waals surface area contributed by atoms with E-state index in [1.54, 1.807) is 26.0 Å². The van der Waals surface area contributed by atoms with E-state index in [1.807, 2.05) is 4.90 Å². The van der Waals surface area contributed by atoms with Crippen molar-refractivity contribution in [2.75, 3.05) is 19.7 Å². The zero-order valence-corrected chi connectivity index (χ0v) is 29.8. The Morgan fingerprint density at radius 3 is 2.52 bits per heavy atom. The minimum Gasteiger partial charge on any atom is -0.388 e. The number of carbonyl (C=O) groups is 1. The third-order valence-corrected chi connectivity index (χ3v) is 15.6. The Kier molecular flexibility index (Phi) is 8.01. The minimum absolute atomic E-state index is 0.0183. The van der Waals surface area contributed by atoms with Gasteiger partial charge < -0.3 is 29.3 Å². The molecule has 2 aliphatic heterocycles. The SMILES string of the molecule is CC(C)(O)[C@@H](O)C1CCC2C(CC3C4CCC5C(C)(C)[C@@H](OC6CN(C(=O)Cc7ccc(F)cc7)CCO6)CCC56C[C@@]46CC[C@]23C)O1. The van der Waals surface area contributed by atoms with Gasteiger partial charge in [-0.1, -0.05) is 32.9 Å². The molecule has 2 N–H and O–H groups in total. The quantitative estimate of drug-likeness (QED) is 0.372. The van der Waals surface area contributed by atoms with Crippen LogP contribution in [-0.2, 0) is 25.4 Å². The van der Waals surface area contributed by atoms with Gasteiger partial charge >= 0.3 is 0 Å². The normalized spacial score (nSPS) is 45.2. The molecule has 8 rings (SSSR count). The summed E-state index contributed by atoms with van der Waals surface area (Å²) < 4.78 is 33.0. The van der Waals surface area contributed by atoms with Gasteiger partial charge in [0.05, 0.1) is 43.5 Å². The summed E-state index contributed by atoms with van der Waals surface area (Å²) in [5.74, 6) is 2.33. The van der Waals surface area contributed by atoms with Gasteiger partial charge in [0.25, 0.3) is 0 Å². The highest BCUT2D eigenvalue weighted by Crippen LogP contribution is 2.87. The topological polar surface area (TPSA) is 88.5 Å². The van der Waals surface area contributed by atoms with E-state index in [2.05, 4.69) is 20.8 Å². The highest BCUT2D eigenvalue weighted by Gasteiger charge is 2.80. The van der Waals surface area contributed by atoms with Crippen molar-refractivity contribution < 1.29 is 33.6 Å². The number of aliphatic hydroxyl groups excluding tert-OH is 1. The van der Waals surface area contributed by atoms with Gasteiger partial charge in [-0.2, -0.15) is 0 Å². The lowest BCUT2D eigenvalue weighted by Gasteiger charge is -2.60. The van der Waals surface area contributed by atoms with Crippen molar-refractivity contribution in [1.29, 1.82) is 0 Å². The first kappa shape index (κ1) is 33.6. The van der Waals surface area contributed by atoms with Crippen LogP contribution in [0.4, 0.5) is 4.39 Å². The summed E-state index contributed by atoms with van der Waals surface area (Å²) in [6.45, 7) is 12.3. The maximum atomic E-state index is 13.4. The van der Waals surface area contributed by atoms with Crippen molar-refractivity contribution in [1.82, 2.24) is 4.90 Å². The number of halogens is 1. The van der Waals surface area contributed by atoms with E-state index in [4.69, 9.17) is 14.2 Å². The number of hydrogen-bond donors (Lipinski definition) is 2. The first-order valence-corrected chi connectivity index (χ1v) is 19.0. The molecule has 48 heavy (non-hydrogen) atoms. The molecule has 7 fully saturated rings. The maximum absolute atomic E-state index is 13.4. The molecular formula is C40H58FNO6. The number of rotatable bonds is 6. The van der Waals surface area contributed by atoms with Crippen LogP contribution >= 0.6 is 0 Å². The zero-order chi connectivity index (χ0) is 33.9. The van der Waals surface area contributed by atoms with Gasteiger partial charge in [0.2, 0.25) is 5.91 Å². The fourth-order valence-electron chi connectivity index (χ4n) is 13.2. The van der Waals surface area contributed by atoms with Gasteiger partial charge in [-0.3, -0.25) is 4.79 Å². The molecule has 2 heterocycles. The van der Waals surface area contributed by atoms with Crippen LogP contribution in [0, 0.1) is 51.1 Å². The molecule has 8 heteroatoms. The molecule has 5 aliphatic carbocycles. The Hall–Kier alpha value is -1.58. The molecule has 2 spiro atoms. The van der Waals surface area contributed by atoms with Crippen molar-refractivity contribution in [3.8, 4) is 0 Å². The predicted molar refractivity (Wildman–Crippen MR) is 179 cm³/mol.